The van der Waals surface area contributed by atoms with E-state index in [1.54, 1.807) is 0 Å². The van der Waals surface area contributed by atoms with Gasteiger partial charge in [0.2, 0.25) is 0 Å². The topological polar surface area (TPSA) is 63.3 Å². The molecule has 1 unspecified atom stereocenters. The minimum atomic E-state index is -0.963. The number of hydrogen-bond acceptors (Lipinski definition) is 2. The van der Waals surface area contributed by atoms with E-state index in [4.69, 9.17) is 10.8 Å². The third kappa shape index (κ3) is 1.72. The molecule has 0 aromatic heterocycles. The van der Waals surface area contributed by atoms with Crippen LogP contribution in [0.15, 0.2) is 0 Å². The molecule has 0 saturated heterocycles. The molecule has 3 heteroatoms. The van der Waals surface area contributed by atoms with Gasteiger partial charge >= 0.3 is 5.97 Å². The number of nitrogens with two attached hydrogens (primary N) is 1. The Labute approximate surface area is 35.8 Å². The Bertz CT molecular complexity index is 59.8. The lowest BCUT2D eigenvalue weighted by atomic mass is 10.6. The summed E-state index contributed by atoms with van der Waals surface area (Å²) < 4.78 is 0. The van der Waals surface area contributed by atoms with E-state index in [1.807, 2.05) is 0 Å². The van der Waals surface area contributed by atoms with Gasteiger partial charge in [0.25, 0.3) is 0 Å². The van der Waals surface area contributed by atoms with Gasteiger partial charge in [0.05, 0.1) is 0 Å². The summed E-state index contributed by atoms with van der Waals surface area (Å²) in [6.45, 7) is 1.42. The summed E-state index contributed by atoms with van der Waals surface area (Å²) >= 11 is 0. The molecular weight excluding hydrogens is 83.0 g/mol. The van der Waals surface area contributed by atoms with Gasteiger partial charge in [-0.25, -0.2) is 0 Å². The quantitative estimate of drug-likeness (QED) is 0.423. The normalized spacial score (nSPS) is 13.7. The van der Waals surface area contributed by atoms with Crippen LogP contribution in [0.25, 0.3) is 0 Å². The molecule has 0 aromatic rings. The first-order valence-electron chi connectivity index (χ1n) is 1.63. The van der Waals surface area contributed by atoms with Crippen molar-refractivity contribution in [1.82, 2.24) is 0 Å². The fourth-order valence-electron chi connectivity index (χ4n) is 0. The van der Waals surface area contributed by atoms with Crippen molar-refractivity contribution < 1.29 is 9.90 Å². The van der Waals surface area contributed by atoms with Crippen LogP contribution in [0.4, 0.5) is 0 Å². The molecule has 0 saturated carbocycles. The second-order valence-corrected chi connectivity index (χ2v) is 1.13. The van der Waals surface area contributed by atoms with Crippen molar-refractivity contribution in [3.8, 4) is 0 Å². The highest BCUT2D eigenvalue weighted by Crippen LogP contribution is 1.68. The summed E-state index contributed by atoms with van der Waals surface area (Å²) in [5.41, 5.74) is 4.84. The van der Waals surface area contributed by atoms with Crippen molar-refractivity contribution >= 4 is 5.97 Å². The van der Waals surface area contributed by atoms with Crippen LogP contribution in [0.5, 0.6) is 0 Å². The smallest absolute Gasteiger partial charge is 0.320 e. The van der Waals surface area contributed by atoms with Crippen molar-refractivity contribution in [3.63, 3.8) is 0 Å². The van der Waals surface area contributed by atoms with Gasteiger partial charge in [-0.2, -0.15) is 0 Å². The lowest BCUT2D eigenvalue weighted by Gasteiger charge is -1.90. The lowest BCUT2D eigenvalue weighted by Crippen LogP contribution is -2.25. The zero-order chi connectivity index (χ0) is 5.15. The van der Waals surface area contributed by atoms with E-state index in [-0.39, 0.29) is 0 Å². The monoisotopic (exact) mass is 90.1 g/mol. The highest BCUT2D eigenvalue weighted by Gasteiger charge is 1.99. The Balaban J connectivity index is 3.26. The molecule has 1 atom stereocenters. The summed E-state index contributed by atoms with van der Waals surface area (Å²) in [5.74, 6) is -0.963. The lowest BCUT2D eigenvalue weighted by molar-refractivity contribution is -0.138. The Morgan fingerprint density at radius 3 is 2.17 bits per heavy atom. The Morgan fingerprint density at radius 2 is 2.17 bits per heavy atom. The molecule has 3 nitrogen and oxygen atoms in total. The maximum absolute atomic E-state index is 9.57. The molecule has 0 fully saturated rings. The van der Waals surface area contributed by atoms with Crippen molar-refractivity contribution in [1.29, 1.82) is 0 Å². The number of aliphatic carboxylic acids is 1. The van der Waals surface area contributed by atoms with Crippen molar-refractivity contribution in [2.75, 3.05) is 0 Å². The van der Waals surface area contributed by atoms with E-state index in [0.717, 1.165) is 0 Å². The maximum atomic E-state index is 9.57. The molecule has 6 heavy (non-hydrogen) atoms. The van der Waals surface area contributed by atoms with Crippen molar-refractivity contribution in [2.45, 2.75) is 13.0 Å². The number of hydrogen-bond donors (Lipinski definition) is 2. The van der Waals surface area contributed by atoms with Gasteiger partial charge in [0.15, 0.2) is 0 Å². The predicted molar refractivity (Wildman–Crippen MR) is 21.3 cm³/mol. The Morgan fingerprint density at radius 1 is 2.00 bits per heavy atom. The molecule has 3 N–H and O–H groups in total. The van der Waals surface area contributed by atoms with E-state index in [1.165, 1.54) is 6.92 Å². The molecular formula is C3H7NO2. The first kappa shape index (κ1) is 5.43. The maximum Gasteiger partial charge on any atom is 0.320 e. The molecule has 0 radical (unpaired) electrons. The van der Waals surface area contributed by atoms with Gasteiger partial charge in [0.1, 0.15) is 6.04 Å². The fraction of sp³-hybridized carbons (Fsp3) is 0.667. The van der Waals surface area contributed by atoms with Gasteiger partial charge in [-0.15, -0.1) is 0 Å². The molecule has 0 aliphatic rings. The largest absolute Gasteiger partial charge is 0.480 e. The second-order valence-electron chi connectivity index (χ2n) is 1.13. The molecule has 0 bridgehead atoms. The number of carbonyl (C=O) groups is 1. The summed E-state index contributed by atoms with van der Waals surface area (Å²) in [7, 11) is 0. The van der Waals surface area contributed by atoms with E-state index in [0.29, 0.717) is 0 Å². The van der Waals surface area contributed by atoms with Crippen LogP contribution in [-0.2, 0) is 4.79 Å². The van der Waals surface area contributed by atoms with E-state index < -0.39 is 12.0 Å². The van der Waals surface area contributed by atoms with Crippen molar-refractivity contribution in [3.05, 3.63) is 0 Å². The predicted octanol–water partition coefficient (Wildman–Crippen LogP) is -0.582. The van der Waals surface area contributed by atoms with Crippen LogP contribution in [0, 0.1) is 0 Å². The van der Waals surface area contributed by atoms with Crippen LogP contribution < -0.4 is 5.73 Å². The molecule has 0 aliphatic carbocycles. The van der Waals surface area contributed by atoms with Crippen LogP contribution in [0.3, 0.4) is 0 Å². The van der Waals surface area contributed by atoms with Crippen molar-refractivity contribution in [2.24, 2.45) is 5.73 Å². The third-order valence-corrected chi connectivity index (χ3v) is 0.390. The zero-order valence-corrected chi connectivity index (χ0v) is 3.51. The van der Waals surface area contributed by atoms with E-state index in [2.05, 4.69) is 0 Å². The molecule has 0 spiro atoms. The highest BCUT2D eigenvalue weighted by molar-refractivity contribution is 5.72. The zero-order valence-electron chi connectivity index (χ0n) is 3.51. The first-order valence-corrected chi connectivity index (χ1v) is 1.63. The summed E-state index contributed by atoms with van der Waals surface area (Å²) in [5, 5.41) is 7.87. The standard InChI is InChI=1S/C3H7NO2/c1-2(4)3(5)6/h2H,4H2,1H3,(H,5,6)/i3+1. The van der Waals surface area contributed by atoms with E-state index >= 15 is 0 Å². The molecule has 0 aromatic carbocycles. The van der Waals surface area contributed by atoms with E-state index in [9.17, 15) is 4.79 Å². The van der Waals surface area contributed by atoms with Gasteiger partial charge in [-0.1, -0.05) is 0 Å². The molecule has 0 amide bonds. The summed E-state index contributed by atoms with van der Waals surface area (Å²) in [4.78, 5) is 9.57. The fourth-order valence-corrected chi connectivity index (χ4v) is 0. The minimum Gasteiger partial charge on any atom is -0.480 e. The second kappa shape index (κ2) is 1.77. The van der Waals surface area contributed by atoms with Gasteiger partial charge in [-0.3, -0.25) is 4.79 Å². The Kier molecular flexibility index (Phi) is 1.60. The number of carboxylic acid groups (broad SMARTS) is 1. The first-order chi connectivity index (χ1) is 2.64. The van der Waals surface area contributed by atoms with Crippen LogP contribution >= 0.6 is 0 Å². The molecule has 0 heterocycles. The number of carboxylic acids is 1. The van der Waals surface area contributed by atoms with Crippen LogP contribution in [0.2, 0.25) is 0 Å². The van der Waals surface area contributed by atoms with Gasteiger partial charge in [0, 0.05) is 0 Å². The third-order valence-electron chi connectivity index (χ3n) is 0.390. The van der Waals surface area contributed by atoms with Gasteiger partial charge in [-0.05, 0) is 6.92 Å². The van der Waals surface area contributed by atoms with Crippen LogP contribution in [0.1, 0.15) is 6.92 Å². The molecule has 36 valence electrons. The SMILES string of the molecule is CC(N)[13C](=O)O. The summed E-state index contributed by atoms with van der Waals surface area (Å²) in [6.07, 6.45) is 0. The Hall–Kier alpha value is -0.570. The minimum absolute atomic E-state index is 0.731. The average Bonchev–Trinajstić information content (AvgIpc) is 1.36. The van der Waals surface area contributed by atoms with Gasteiger partial charge < -0.3 is 10.8 Å². The average molecular weight is 90.1 g/mol. The molecule has 0 rings (SSSR count). The number of rotatable bonds is 1. The molecule has 0 aliphatic heterocycles. The summed E-state index contributed by atoms with van der Waals surface area (Å²) in [6, 6.07) is -0.731. The highest BCUT2D eigenvalue weighted by atomic mass is 16.5. The van der Waals surface area contributed by atoms with Crippen LogP contribution in [-0.4, -0.2) is 17.1 Å².